The molecule has 2 rings (SSSR count). The Kier molecular flexibility index (Phi) is 9.80. The van der Waals surface area contributed by atoms with Crippen LogP contribution >= 0.6 is 0 Å². The first-order valence-electron chi connectivity index (χ1n) is 10.5. The molecule has 172 valence electrons. The zero-order chi connectivity index (χ0) is 23.5. The van der Waals surface area contributed by atoms with Gasteiger partial charge in [0, 0.05) is 12.1 Å². The monoisotopic (exact) mass is 440 g/mol. The Balaban J connectivity index is 1.92. The first-order chi connectivity index (χ1) is 15.3. The van der Waals surface area contributed by atoms with E-state index in [2.05, 4.69) is 10.6 Å². The summed E-state index contributed by atoms with van der Waals surface area (Å²) in [4.78, 5) is 25.3. The van der Waals surface area contributed by atoms with Crippen molar-refractivity contribution in [2.45, 2.75) is 50.5 Å². The highest BCUT2D eigenvalue weighted by atomic mass is 16.3. The number of nitrogens with two attached hydrogens (primary N) is 3. The fourth-order valence-electron chi connectivity index (χ4n) is 3.10. The van der Waals surface area contributed by atoms with Crippen LogP contribution in [0.1, 0.15) is 36.0 Å². The normalized spacial score (nSPS) is 13.6. The maximum Gasteiger partial charge on any atom is 0.242 e. The van der Waals surface area contributed by atoms with Gasteiger partial charge in [0.2, 0.25) is 11.8 Å². The second-order valence-corrected chi connectivity index (χ2v) is 7.67. The summed E-state index contributed by atoms with van der Waals surface area (Å²) in [7, 11) is 0. The molecule has 0 bridgehead atoms. The van der Waals surface area contributed by atoms with Crippen molar-refractivity contribution in [3.05, 3.63) is 71.3 Å². The second-order valence-electron chi connectivity index (χ2n) is 7.67. The predicted molar refractivity (Wildman–Crippen MR) is 123 cm³/mol. The summed E-state index contributed by atoms with van der Waals surface area (Å²) in [6, 6.07) is 15.0. The highest BCUT2D eigenvalue weighted by molar-refractivity contribution is 5.95. The molecular formula is C23H32N6O3. The smallest absolute Gasteiger partial charge is 0.242 e. The number of amidine groups is 1. The Labute approximate surface area is 187 Å². The molecule has 0 aromatic heterocycles. The molecular weight excluding hydrogens is 408 g/mol. The van der Waals surface area contributed by atoms with Crippen LogP contribution in [0.15, 0.2) is 54.6 Å². The van der Waals surface area contributed by atoms with Gasteiger partial charge in [0.1, 0.15) is 18.1 Å². The summed E-state index contributed by atoms with van der Waals surface area (Å²) in [5, 5.41) is 22.3. The molecule has 0 spiro atoms. The predicted octanol–water partition coefficient (Wildman–Crippen LogP) is 0.0891. The number of aliphatic hydroxyl groups is 1. The fraction of sp³-hybridized carbons (Fsp3) is 0.348. The van der Waals surface area contributed by atoms with Crippen LogP contribution < -0.4 is 27.8 Å². The lowest BCUT2D eigenvalue weighted by Gasteiger charge is -2.21. The lowest BCUT2D eigenvalue weighted by molar-refractivity contribution is -0.130. The quantitative estimate of drug-likeness (QED) is 0.139. The van der Waals surface area contributed by atoms with E-state index in [0.29, 0.717) is 18.4 Å². The van der Waals surface area contributed by atoms with Gasteiger partial charge in [-0.2, -0.15) is 0 Å². The third-order valence-corrected chi connectivity index (χ3v) is 5.04. The van der Waals surface area contributed by atoms with Crippen LogP contribution in [-0.4, -0.2) is 41.1 Å². The number of rotatable bonds is 12. The van der Waals surface area contributed by atoms with Crippen LogP contribution in [0.5, 0.6) is 0 Å². The van der Waals surface area contributed by atoms with E-state index >= 15 is 0 Å². The van der Waals surface area contributed by atoms with E-state index in [4.69, 9.17) is 22.6 Å². The van der Waals surface area contributed by atoms with Crippen LogP contribution in [-0.2, 0) is 22.6 Å². The first kappa shape index (κ1) is 25.0. The number of aryl methyl sites for hydroxylation is 1. The summed E-state index contributed by atoms with van der Waals surface area (Å²) in [6.45, 7) is 0.231. The van der Waals surface area contributed by atoms with E-state index in [1.54, 1.807) is 24.3 Å². The van der Waals surface area contributed by atoms with Gasteiger partial charge in [-0.25, -0.2) is 0 Å². The van der Waals surface area contributed by atoms with E-state index in [-0.39, 0.29) is 25.2 Å². The van der Waals surface area contributed by atoms with Crippen molar-refractivity contribution < 1.29 is 14.7 Å². The number of carbonyl (C=O) groups excluding carboxylic acids is 2. The second kappa shape index (κ2) is 12.6. The largest absolute Gasteiger partial charge is 0.384 e. The van der Waals surface area contributed by atoms with Crippen molar-refractivity contribution >= 4 is 17.6 Å². The van der Waals surface area contributed by atoms with Gasteiger partial charge >= 0.3 is 0 Å². The van der Waals surface area contributed by atoms with E-state index in [0.717, 1.165) is 11.1 Å². The Morgan fingerprint density at radius 2 is 1.56 bits per heavy atom. The van der Waals surface area contributed by atoms with Crippen molar-refractivity contribution in [3.63, 3.8) is 0 Å². The van der Waals surface area contributed by atoms with E-state index in [1.165, 1.54) is 0 Å². The van der Waals surface area contributed by atoms with Crippen LogP contribution in [0.25, 0.3) is 0 Å². The number of nitrogens with one attached hydrogen (secondary N) is 3. The Morgan fingerprint density at radius 3 is 2.16 bits per heavy atom. The maximum atomic E-state index is 12.7. The van der Waals surface area contributed by atoms with Crippen molar-refractivity contribution in [3.8, 4) is 0 Å². The highest BCUT2D eigenvalue weighted by Crippen LogP contribution is 2.07. The molecule has 0 aliphatic carbocycles. The average Bonchev–Trinajstić information content (AvgIpc) is 2.79. The van der Waals surface area contributed by atoms with E-state index in [9.17, 15) is 14.7 Å². The minimum atomic E-state index is -1.09. The average molecular weight is 441 g/mol. The summed E-state index contributed by atoms with van der Waals surface area (Å²) < 4.78 is 0. The standard InChI is InChI=1S/C23H32N6O3/c24-18(11-8-15-4-2-1-3-5-15)22(31)29-19(12-13-20(25)30)23(32)28-14-16-6-9-17(10-7-16)21(26)27/h1-7,9-10,18-20,30H,8,11-14,24-25H2,(H3,26,27)(H,28,32)(H,29,31)/t18-,19+,20?/m1/s1. The summed E-state index contributed by atoms with van der Waals surface area (Å²) in [5.41, 5.74) is 19.4. The van der Waals surface area contributed by atoms with Crippen LogP contribution in [0.3, 0.4) is 0 Å². The van der Waals surface area contributed by atoms with E-state index in [1.807, 2.05) is 30.3 Å². The minimum Gasteiger partial charge on any atom is -0.384 e. The maximum absolute atomic E-state index is 12.7. The Morgan fingerprint density at radius 1 is 0.906 bits per heavy atom. The van der Waals surface area contributed by atoms with Gasteiger partial charge in [-0.15, -0.1) is 0 Å². The highest BCUT2D eigenvalue weighted by Gasteiger charge is 2.24. The number of hydrogen-bond acceptors (Lipinski definition) is 6. The number of amides is 2. The van der Waals surface area contributed by atoms with Gasteiger partial charge in [-0.3, -0.25) is 15.0 Å². The molecule has 0 saturated carbocycles. The van der Waals surface area contributed by atoms with Gasteiger partial charge in [-0.05, 0) is 36.8 Å². The molecule has 0 aliphatic rings. The first-order valence-corrected chi connectivity index (χ1v) is 10.5. The molecule has 0 fully saturated rings. The van der Waals surface area contributed by atoms with Crippen LogP contribution in [0.4, 0.5) is 0 Å². The summed E-state index contributed by atoms with van der Waals surface area (Å²) >= 11 is 0. The number of carbonyl (C=O) groups is 2. The molecule has 2 aromatic carbocycles. The summed E-state index contributed by atoms with van der Waals surface area (Å²) in [6.07, 6.45) is 0.304. The lowest BCUT2D eigenvalue weighted by atomic mass is 10.0. The van der Waals surface area contributed by atoms with E-state index < -0.39 is 30.1 Å². The van der Waals surface area contributed by atoms with Gasteiger partial charge in [-0.1, -0.05) is 54.6 Å². The number of benzene rings is 2. The molecule has 0 saturated heterocycles. The topological polar surface area (TPSA) is 180 Å². The molecule has 0 heterocycles. The van der Waals surface area contributed by atoms with Crippen LogP contribution in [0, 0.1) is 5.41 Å². The zero-order valence-corrected chi connectivity index (χ0v) is 18.0. The SMILES string of the molecule is N=C(N)c1ccc(CNC(=O)[C@H](CCC(N)O)NC(=O)[C@H](N)CCc2ccccc2)cc1. The Bertz CT molecular complexity index is 886. The Hall–Kier alpha value is -3.27. The number of nitrogen functional groups attached to an aromatic ring is 1. The molecule has 9 heteroatoms. The molecule has 9 nitrogen and oxygen atoms in total. The number of aliphatic hydroxyl groups excluding tert-OH is 1. The molecule has 32 heavy (non-hydrogen) atoms. The molecule has 1 unspecified atom stereocenters. The van der Waals surface area contributed by atoms with Gasteiger partial charge in [0.25, 0.3) is 0 Å². The molecule has 0 aliphatic heterocycles. The third kappa shape index (κ3) is 8.46. The molecule has 3 atom stereocenters. The van der Waals surface area contributed by atoms with Crippen molar-refractivity contribution in [1.29, 1.82) is 5.41 Å². The third-order valence-electron chi connectivity index (χ3n) is 5.04. The molecule has 2 aromatic rings. The molecule has 0 radical (unpaired) electrons. The molecule has 10 N–H and O–H groups in total. The van der Waals surface area contributed by atoms with Crippen molar-refractivity contribution in [1.82, 2.24) is 10.6 Å². The lowest BCUT2D eigenvalue weighted by Crippen LogP contribution is -2.52. The van der Waals surface area contributed by atoms with Crippen molar-refractivity contribution in [2.24, 2.45) is 17.2 Å². The van der Waals surface area contributed by atoms with Crippen LogP contribution in [0.2, 0.25) is 0 Å². The zero-order valence-electron chi connectivity index (χ0n) is 18.0. The van der Waals surface area contributed by atoms with Gasteiger partial charge in [0.15, 0.2) is 0 Å². The minimum absolute atomic E-state index is 0.0349. The fourth-order valence-corrected chi connectivity index (χ4v) is 3.10. The summed E-state index contributed by atoms with van der Waals surface area (Å²) in [5.74, 6) is -0.865. The van der Waals surface area contributed by atoms with Gasteiger partial charge in [0.05, 0.1) is 6.04 Å². The van der Waals surface area contributed by atoms with Gasteiger partial charge < -0.3 is 32.9 Å². The number of hydrogen-bond donors (Lipinski definition) is 7. The molecule has 2 amide bonds. The van der Waals surface area contributed by atoms with Crippen molar-refractivity contribution in [2.75, 3.05) is 0 Å².